The minimum absolute atomic E-state index is 0. The van der Waals surface area contributed by atoms with Crippen molar-refractivity contribution in [3.8, 4) is 28.1 Å². The molecule has 0 unspecified atom stereocenters. The van der Waals surface area contributed by atoms with E-state index in [0.717, 1.165) is 89.7 Å². The van der Waals surface area contributed by atoms with E-state index in [1.54, 1.807) is 0 Å². The number of para-hydroxylation sites is 3. The quantitative estimate of drug-likeness (QED) is 0.135. The van der Waals surface area contributed by atoms with Crippen LogP contribution in [0.5, 0.6) is 0 Å². The van der Waals surface area contributed by atoms with Gasteiger partial charge in [-0.05, 0) is 68.6 Å². The van der Waals surface area contributed by atoms with Crippen LogP contribution in [0.3, 0.4) is 0 Å². The SMILES string of the molecule is CC(C)c1cccc(C(C)(C)C)c1N(c1[c-]c(N2[CH-]N(c3c(-c4ccccc4)cccc3-c3ccccc3)c3c2ccc2ccccc32)ccc1)c1[c-]c2c(cc1)c1ccccc1n2-c1ccccn1.[Pt]. The molecule has 0 aliphatic carbocycles. The summed E-state index contributed by atoms with van der Waals surface area (Å²) in [6.07, 6.45) is 1.86. The molecule has 0 radical (unpaired) electrons. The minimum Gasteiger partial charge on any atom is -0.493 e. The third-order valence-corrected chi connectivity index (χ3v) is 13.7. The van der Waals surface area contributed by atoms with E-state index in [4.69, 9.17) is 4.98 Å². The number of fused-ring (bicyclic) bond motifs is 6. The average Bonchev–Trinajstić information content (AvgIpc) is 3.95. The number of benzene rings is 9. The van der Waals surface area contributed by atoms with Gasteiger partial charge >= 0.3 is 0 Å². The van der Waals surface area contributed by atoms with Crippen molar-refractivity contribution in [2.24, 2.45) is 0 Å². The number of anilines is 7. The van der Waals surface area contributed by atoms with Crippen LogP contribution in [0, 0.1) is 18.8 Å². The Hall–Kier alpha value is -7.72. The van der Waals surface area contributed by atoms with E-state index in [0.29, 0.717) is 0 Å². The van der Waals surface area contributed by atoms with Gasteiger partial charge in [0.05, 0.1) is 0 Å². The molecule has 5 nitrogen and oxygen atoms in total. The van der Waals surface area contributed by atoms with Gasteiger partial charge in [-0.25, -0.2) is 4.98 Å². The molecule has 9 aromatic carbocycles. The molecule has 2 aromatic heterocycles. The van der Waals surface area contributed by atoms with Crippen LogP contribution in [0.25, 0.3) is 60.6 Å². The number of aromatic nitrogens is 2. The van der Waals surface area contributed by atoms with E-state index in [1.165, 1.54) is 21.9 Å². The zero-order valence-corrected chi connectivity index (χ0v) is 42.7. The monoisotopic (exact) mass is 1100 g/mol. The predicted molar refractivity (Wildman–Crippen MR) is 294 cm³/mol. The summed E-state index contributed by atoms with van der Waals surface area (Å²) < 4.78 is 2.25. The van der Waals surface area contributed by atoms with Crippen LogP contribution < -0.4 is 14.7 Å². The fraction of sp³-hybridized carbons (Fsp3) is 0.108. The minimum atomic E-state index is -0.186. The molecular formula is C65H52N5Pt-3. The Morgan fingerprint density at radius 1 is 0.535 bits per heavy atom. The predicted octanol–water partition coefficient (Wildman–Crippen LogP) is 17.6. The fourth-order valence-electron chi connectivity index (χ4n) is 10.5. The first-order chi connectivity index (χ1) is 34.2. The third kappa shape index (κ3) is 7.99. The van der Waals surface area contributed by atoms with E-state index >= 15 is 0 Å². The Kier molecular flexibility index (Phi) is 11.9. The van der Waals surface area contributed by atoms with Gasteiger partial charge in [-0.1, -0.05) is 203 Å². The fourth-order valence-corrected chi connectivity index (χ4v) is 10.5. The normalized spacial score (nSPS) is 12.5. The number of rotatable bonds is 9. The number of hydrogen-bond acceptors (Lipinski definition) is 4. The molecule has 11 aromatic rings. The molecule has 6 heteroatoms. The van der Waals surface area contributed by atoms with E-state index < -0.39 is 0 Å². The zero-order valence-electron chi connectivity index (χ0n) is 40.4. The van der Waals surface area contributed by atoms with Gasteiger partial charge in [0.15, 0.2) is 0 Å². The Morgan fingerprint density at radius 2 is 1.18 bits per heavy atom. The van der Waals surface area contributed by atoms with Crippen LogP contribution in [0.1, 0.15) is 51.7 Å². The molecule has 0 bridgehead atoms. The second kappa shape index (κ2) is 18.6. The number of nitrogens with zero attached hydrogens (tertiary/aromatic N) is 5. The first kappa shape index (κ1) is 45.7. The third-order valence-electron chi connectivity index (χ3n) is 13.7. The van der Waals surface area contributed by atoms with Crippen LogP contribution in [-0.2, 0) is 26.5 Å². The Bertz CT molecular complexity index is 3670. The summed E-state index contributed by atoms with van der Waals surface area (Å²) in [7, 11) is 0. The van der Waals surface area contributed by atoms with Gasteiger partial charge in [0.25, 0.3) is 0 Å². The first-order valence-corrected chi connectivity index (χ1v) is 24.2. The maximum Gasteiger partial charge on any atom is 0.135 e. The summed E-state index contributed by atoms with van der Waals surface area (Å²) >= 11 is 0. The molecule has 71 heavy (non-hydrogen) atoms. The maximum atomic E-state index is 4.87. The molecule has 0 saturated heterocycles. The molecule has 0 fully saturated rings. The van der Waals surface area contributed by atoms with Gasteiger partial charge in [0.2, 0.25) is 0 Å². The topological polar surface area (TPSA) is 27.5 Å². The van der Waals surface area contributed by atoms with Crippen molar-refractivity contribution in [3.63, 3.8) is 0 Å². The van der Waals surface area contributed by atoms with Gasteiger partial charge in [-0.3, -0.25) is 0 Å². The second-order valence-electron chi connectivity index (χ2n) is 19.5. The summed E-state index contributed by atoms with van der Waals surface area (Å²) in [5.41, 5.74) is 16.2. The van der Waals surface area contributed by atoms with Crippen LogP contribution in [0.4, 0.5) is 39.8 Å². The van der Waals surface area contributed by atoms with Gasteiger partial charge < -0.3 is 19.3 Å². The molecule has 0 atom stereocenters. The molecule has 1 aliphatic rings. The molecule has 12 rings (SSSR count). The number of hydrogen-bond donors (Lipinski definition) is 0. The molecule has 0 amide bonds. The second-order valence-corrected chi connectivity index (χ2v) is 19.5. The van der Waals surface area contributed by atoms with Crippen LogP contribution >= 0.6 is 0 Å². The molecule has 0 saturated carbocycles. The van der Waals surface area contributed by atoms with Crippen molar-refractivity contribution in [2.45, 2.75) is 46.0 Å². The molecule has 0 N–H and O–H groups in total. The van der Waals surface area contributed by atoms with Gasteiger partial charge in [0, 0.05) is 72.0 Å². The Labute approximate surface area is 431 Å². The summed E-state index contributed by atoms with van der Waals surface area (Å²) in [4.78, 5) is 12.0. The molecular weight excluding hydrogens is 1050 g/mol. The smallest absolute Gasteiger partial charge is 0.135 e. The van der Waals surface area contributed by atoms with Gasteiger partial charge in [-0.2, -0.15) is 12.1 Å². The standard InChI is InChI=1S/C65H52N5.Pt/c1-44(2)51-30-20-33-57(65(3,4)5)63(51)69(50-37-38-56-55-29-14-15-34-58(55)70(60(56)42-50)61-35-16-17-40-66-61)49-27-18-26-48(41-49)67-43-68(64-54-28-13-12-25-47(54)36-39-59(64)67)62-52(45-21-8-6-9-22-45)31-19-32-53(62)46-23-10-7-11-24-46;/h6-40,43-44H,1-5H3;/q-3;. The van der Waals surface area contributed by atoms with E-state index in [9.17, 15) is 0 Å². The van der Waals surface area contributed by atoms with Gasteiger partial charge in [-0.15, -0.1) is 48.1 Å². The summed E-state index contributed by atoms with van der Waals surface area (Å²) in [6.45, 7) is 13.8. The van der Waals surface area contributed by atoms with E-state index in [1.807, 2.05) is 18.3 Å². The van der Waals surface area contributed by atoms with E-state index in [-0.39, 0.29) is 32.4 Å². The van der Waals surface area contributed by atoms with Crippen LogP contribution in [-0.4, -0.2) is 9.55 Å². The Morgan fingerprint density at radius 3 is 1.89 bits per heavy atom. The molecule has 1 aliphatic heterocycles. The van der Waals surface area contributed by atoms with Crippen LogP contribution in [0.2, 0.25) is 0 Å². The van der Waals surface area contributed by atoms with Crippen molar-refractivity contribution in [2.75, 3.05) is 14.7 Å². The van der Waals surface area contributed by atoms with Crippen molar-refractivity contribution in [1.29, 1.82) is 0 Å². The van der Waals surface area contributed by atoms with Crippen molar-refractivity contribution >= 4 is 72.4 Å². The van der Waals surface area contributed by atoms with Crippen molar-refractivity contribution in [1.82, 2.24) is 9.55 Å². The summed E-state index contributed by atoms with van der Waals surface area (Å²) in [5, 5.41) is 4.63. The molecule has 3 heterocycles. The largest absolute Gasteiger partial charge is 0.493 e. The van der Waals surface area contributed by atoms with Gasteiger partial charge in [0.1, 0.15) is 5.82 Å². The van der Waals surface area contributed by atoms with Crippen molar-refractivity contribution < 1.29 is 21.1 Å². The molecule has 350 valence electrons. The van der Waals surface area contributed by atoms with E-state index in [2.05, 4.69) is 267 Å². The van der Waals surface area contributed by atoms with Crippen molar-refractivity contribution in [3.05, 3.63) is 242 Å². The average molecular weight is 1100 g/mol. The summed E-state index contributed by atoms with van der Waals surface area (Å²) in [5.74, 6) is 1.08. The van der Waals surface area contributed by atoms with Crippen LogP contribution in [0.15, 0.2) is 212 Å². The Balaban J connectivity index is 0.00000547. The maximum absolute atomic E-state index is 4.87. The number of pyridine rings is 1. The molecule has 0 spiro atoms. The summed E-state index contributed by atoms with van der Waals surface area (Å²) in [6, 6.07) is 82.1. The first-order valence-electron chi connectivity index (χ1n) is 24.2. The zero-order chi connectivity index (χ0) is 47.5.